The van der Waals surface area contributed by atoms with Crippen LogP contribution in [0.5, 0.6) is 0 Å². The highest BCUT2D eigenvalue weighted by atomic mass is 16.5. The number of rotatable bonds is 6. The molecule has 0 unspecified atom stereocenters. The minimum Gasteiger partial charge on any atom is -0.481 e. The fourth-order valence-electron chi connectivity index (χ4n) is 2.34. The summed E-state index contributed by atoms with van der Waals surface area (Å²) in [6.07, 6.45) is 3.26. The molecule has 0 saturated heterocycles. The Morgan fingerprint density at radius 2 is 1.89 bits per heavy atom. The Hall–Kier alpha value is -1.10. The van der Waals surface area contributed by atoms with Crippen LogP contribution < -0.4 is 5.32 Å². The molecule has 1 fully saturated rings. The molecule has 1 aliphatic carbocycles. The van der Waals surface area contributed by atoms with E-state index in [0.29, 0.717) is 26.0 Å². The molecule has 1 aliphatic rings. The van der Waals surface area contributed by atoms with Crippen molar-refractivity contribution in [2.24, 2.45) is 11.8 Å². The van der Waals surface area contributed by atoms with Gasteiger partial charge in [0, 0.05) is 6.54 Å². The SMILES string of the molecule is CC(C)OCCNC(=O)[C@@H]1CCCC[C@@H]1C(=O)O. The smallest absolute Gasteiger partial charge is 0.307 e. The lowest BCUT2D eigenvalue weighted by Crippen LogP contribution is -2.40. The normalized spacial score (nSPS) is 23.9. The van der Waals surface area contributed by atoms with Crippen LogP contribution in [0.3, 0.4) is 0 Å². The van der Waals surface area contributed by atoms with E-state index in [0.717, 1.165) is 12.8 Å². The summed E-state index contributed by atoms with van der Waals surface area (Å²) >= 11 is 0. The van der Waals surface area contributed by atoms with Gasteiger partial charge in [-0.15, -0.1) is 0 Å². The van der Waals surface area contributed by atoms with Crippen molar-refractivity contribution in [1.29, 1.82) is 0 Å². The number of carboxylic acids is 1. The summed E-state index contributed by atoms with van der Waals surface area (Å²) in [6, 6.07) is 0. The first-order chi connectivity index (χ1) is 8.52. The first-order valence-corrected chi connectivity index (χ1v) is 6.64. The van der Waals surface area contributed by atoms with E-state index in [1.54, 1.807) is 0 Å². The summed E-state index contributed by atoms with van der Waals surface area (Å²) in [5.41, 5.74) is 0. The van der Waals surface area contributed by atoms with Gasteiger partial charge < -0.3 is 15.2 Å². The molecular formula is C13H23NO4. The molecule has 1 rings (SSSR count). The van der Waals surface area contributed by atoms with E-state index in [9.17, 15) is 9.59 Å². The van der Waals surface area contributed by atoms with E-state index in [1.807, 2.05) is 13.8 Å². The van der Waals surface area contributed by atoms with Gasteiger partial charge in [-0.2, -0.15) is 0 Å². The number of ether oxygens (including phenoxy) is 1. The van der Waals surface area contributed by atoms with Crippen LogP contribution >= 0.6 is 0 Å². The average Bonchev–Trinajstić information content (AvgIpc) is 2.34. The Labute approximate surface area is 108 Å². The van der Waals surface area contributed by atoms with Gasteiger partial charge in [0.15, 0.2) is 0 Å². The van der Waals surface area contributed by atoms with Crippen LogP contribution in [-0.4, -0.2) is 36.2 Å². The van der Waals surface area contributed by atoms with Crippen LogP contribution in [0.4, 0.5) is 0 Å². The molecule has 0 radical (unpaired) electrons. The Bertz CT molecular complexity index is 291. The van der Waals surface area contributed by atoms with E-state index in [4.69, 9.17) is 9.84 Å². The van der Waals surface area contributed by atoms with Crippen molar-refractivity contribution < 1.29 is 19.4 Å². The molecule has 1 saturated carbocycles. The third-order valence-corrected chi connectivity index (χ3v) is 3.27. The van der Waals surface area contributed by atoms with Crippen molar-refractivity contribution >= 4 is 11.9 Å². The number of nitrogens with one attached hydrogen (secondary N) is 1. The quantitative estimate of drug-likeness (QED) is 0.706. The van der Waals surface area contributed by atoms with E-state index in [-0.39, 0.29) is 17.9 Å². The largest absolute Gasteiger partial charge is 0.481 e. The molecule has 0 aromatic heterocycles. The second kappa shape index (κ2) is 7.36. The molecule has 0 heterocycles. The maximum atomic E-state index is 11.9. The minimum atomic E-state index is -0.853. The molecule has 104 valence electrons. The number of carboxylic acid groups (broad SMARTS) is 1. The molecule has 5 nitrogen and oxygen atoms in total. The molecule has 0 aliphatic heterocycles. The van der Waals surface area contributed by atoms with Gasteiger partial charge in [0.25, 0.3) is 0 Å². The van der Waals surface area contributed by atoms with Crippen LogP contribution in [0.1, 0.15) is 39.5 Å². The van der Waals surface area contributed by atoms with E-state index < -0.39 is 11.9 Å². The molecule has 0 aromatic carbocycles. The average molecular weight is 257 g/mol. The van der Waals surface area contributed by atoms with E-state index in [2.05, 4.69) is 5.32 Å². The number of carbonyl (C=O) groups is 2. The van der Waals surface area contributed by atoms with Crippen LogP contribution in [0.2, 0.25) is 0 Å². The number of amides is 1. The minimum absolute atomic E-state index is 0.142. The predicted molar refractivity (Wildman–Crippen MR) is 67.2 cm³/mol. The highest BCUT2D eigenvalue weighted by Gasteiger charge is 2.35. The number of carbonyl (C=O) groups excluding carboxylic acids is 1. The molecule has 2 N–H and O–H groups in total. The van der Waals surface area contributed by atoms with Crippen molar-refractivity contribution in [2.45, 2.75) is 45.6 Å². The summed E-state index contributed by atoms with van der Waals surface area (Å²) in [5.74, 6) is -1.90. The van der Waals surface area contributed by atoms with Crippen LogP contribution in [0.25, 0.3) is 0 Å². The molecular weight excluding hydrogens is 234 g/mol. The zero-order valence-electron chi connectivity index (χ0n) is 11.1. The van der Waals surface area contributed by atoms with Crippen LogP contribution in [-0.2, 0) is 14.3 Å². The zero-order valence-corrected chi connectivity index (χ0v) is 11.1. The lowest BCUT2D eigenvalue weighted by Gasteiger charge is -2.27. The summed E-state index contributed by atoms with van der Waals surface area (Å²) in [6.45, 7) is 4.78. The highest BCUT2D eigenvalue weighted by molar-refractivity contribution is 5.84. The lowest BCUT2D eigenvalue weighted by atomic mass is 9.79. The van der Waals surface area contributed by atoms with Gasteiger partial charge in [-0.3, -0.25) is 9.59 Å². The molecule has 5 heteroatoms. The fourth-order valence-corrected chi connectivity index (χ4v) is 2.34. The number of hydrogen-bond acceptors (Lipinski definition) is 3. The molecule has 2 atom stereocenters. The fraction of sp³-hybridized carbons (Fsp3) is 0.846. The Balaban J connectivity index is 2.36. The molecule has 18 heavy (non-hydrogen) atoms. The van der Waals surface area contributed by atoms with Gasteiger partial charge in [0.2, 0.25) is 5.91 Å². The van der Waals surface area contributed by atoms with Crippen molar-refractivity contribution in [3.63, 3.8) is 0 Å². The van der Waals surface area contributed by atoms with Crippen molar-refractivity contribution in [3.8, 4) is 0 Å². The van der Waals surface area contributed by atoms with Gasteiger partial charge in [-0.25, -0.2) is 0 Å². The zero-order chi connectivity index (χ0) is 13.5. The van der Waals surface area contributed by atoms with Crippen molar-refractivity contribution in [1.82, 2.24) is 5.32 Å². The predicted octanol–water partition coefficient (Wildman–Crippen LogP) is 1.42. The van der Waals surface area contributed by atoms with E-state index in [1.165, 1.54) is 0 Å². The third kappa shape index (κ3) is 4.64. The summed E-state index contributed by atoms with van der Waals surface area (Å²) in [7, 11) is 0. The maximum Gasteiger partial charge on any atom is 0.307 e. The second-order valence-electron chi connectivity index (χ2n) is 5.05. The summed E-state index contributed by atoms with van der Waals surface area (Å²) < 4.78 is 5.32. The topological polar surface area (TPSA) is 75.6 Å². The monoisotopic (exact) mass is 257 g/mol. The number of aliphatic carboxylic acids is 1. The Morgan fingerprint density at radius 1 is 1.28 bits per heavy atom. The second-order valence-corrected chi connectivity index (χ2v) is 5.05. The maximum absolute atomic E-state index is 11.9. The van der Waals surface area contributed by atoms with Crippen LogP contribution in [0, 0.1) is 11.8 Å². The van der Waals surface area contributed by atoms with Gasteiger partial charge in [-0.1, -0.05) is 12.8 Å². The van der Waals surface area contributed by atoms with Crippen LogP contribution in [0.15, 0.2) is 0 Å². The first-order valence-electron chi connectivity index (χ1n) is 6.64. The van der Waals surface area contributed by atoms with Gasteiger partial charge in [-0.05, 0) is 26.7 Å². The molecule has 0 aromatic rings. The third-order valence-electron chi connectivity index (χ3n) is 3.27. The first kappa shape index (κ1) is 15.0. The highest BCUT2D eigenvalue weighted by Crippen LogP contribution is 2.30. The van der Waals surface area contributed by atoms with Gasteiger partial charge in [0.1, 0.15) is 0 Å². The summed E-state index contributed by atoms with van der Waals surface area (Å²) in [4.78, 5) is 23.0. The lowest BCUT2D eigenvalue weighted by molar-refractivity contribution is -0.149. The summed E-state index contributed by atoms with van der Waals surface area (Å²) in [5, 5.41) is 11.9. The standard InChI is InChI=1S/C13H23NO4/c1-9(2)18-8-7-14-12(15)10-5-3-4-6-11(10)13(16)17/h9-11H,3-8H2,1-2H3,(H,14,15)(H,16,17)/t10-,11+/m1/s1. The Morgan fingerprint density at radius 3 is 2.44 bits per heavy atom. The molecule has 0 spiro atoms. The van der Waals surface area contributed by atoms with Crippen molar-refractivity contribution in [3.05, 3.63) is 0 Å². The van der Waals surface area contributed by atoms with E-state index >= 15 is 0 Å². The molecule has 0 bridgehead atoms. The number of hydrogen-bond donors (Lipinski definition) is 2. The van der Waals surface area contributed by atoms with Gasteiger partial charge >= 0.3 is 5.97 Å². The molecule has 1 amide bonds. The Kier molecular flexibility index (Phi) is 6.12. The van der Waals surface area contributed by atoms with Crippen molar-refractivity contribution in [2.75, 3.05) is 13.2 Å². The van der Waals surface area contributed by atoms with Gasteiger partial charge in [0.05, 0.1) is 24.5 Å².